The third-order valence-electron chi connectivity index (χ3n) is 2.33. The van der Waals surface area contributed by atoms with Gasteiger partial charge in [-0.1, -0.05) is 18.2 Å². The number of nitrogens with one attached hydrogen (secondary N) is 1. The minimum absolute atomic E-state index is 0.374. The highest BCUT2D eigenvalue weighted by molar-refractivity contribution is 5.73. The van der Waals surface area contributed by atoms with Crippen LogP contribution in [0.4, 0.5) is 4.39 Å². The Morgan fingerprint density at radius 1 is 1.20 bits per heavy atom. The lowest BCUT2D eigenvalue weighted by Crippen LogP contribution is -2.39. The Kier molecular flexibility index (Phi) is 1.62. The summed E-state index contributed by atoms with van der Waals surface area (Å²) >= 11 is 0. The highest BCUT2D eigenvalue weighted by Crippen LogP contribution is 2.15. The van der Waals surface area contributed by atoms with Crippen LogP contribution in [0.25, 0.3) is 11.7 Å². The normalized spacial score (nSPS) is 17.3. The minimum atomic E-state index is -0.374. The quantitative estimate of drug-likeness (QED) is 0.615. The highest BCUT2D eigenvalue weighted by atomic mass is 19.1. The van der Waals surface area contributed by atoms with Crippen molar-refractivity contribution in [3.05, 3.63) is 46.6 Å². The molecule has 1 N–H and O–H groups in total. The van der Waals surface area contributed by atoms with E-state index in [2.05, 4.69) is 10.3 Å². The van der Waals surface area contributed by atoms with Gasteiger partial charge < -0.3 is 10.1 Å². The molecule has 1 aromatic carbocycles. The molecule has 2 heterocycles. The van der Waals surface area contributed by atoms with Crippen molar-refractivity contribution in [2.75, 3.05) is 0 Å². The lowest BCUT2D eigenvalue weighted by Gasteiger charge is -2.18. The van der Waals surface area contributed by atoms with E-state index in [1.807, 2.05) is 12.1 Å². The van der Waals surface area contributed by atoms with Crippen LogP contribution in [0.1, 0.15) is 0 Å². The molecule has 0 amide bonds. The first-order valence-corrected chi connectivity index (χ1v) is 4.51. The predicted molar refractivity (Wildman–Crippen MR) is 54.4 cm³/mol. The van der Waals surface area contributed by atoms with Gasteiger partial charge in [-0.25, -0.2) is 4.99 Å². The van der Waals surface area contributed by atoms with E-state index >= 15 is 0 Å². The van der Waals surface area contributed by atoms with Crippen molar-refractivity contribution in [1.82, 2.24) is 5.32 Å². The fourth-order valence-electron chi connectivity index (χ4n) is 1.67. The van der Waals surface area contributed by atoms with E-state index < -0.39 is 0 Å². The summed E-state index contributed by atoms with van der Waals surface area (Å²) in [7, 11) is 0. The monoisotopic (exact) mass is 202 g/mol. The van der Waals surface area contributed by atoms with Crippen molar-refractivity contribution in [3.63, 3.8) is 0 Å². The summed E-state index contributed by atoms with van der Waals surface area (Å²) in [5, 5.41) is 3.87. The van der Waals surface area contributed by atoms with E-state index in [0.29, 0.717) is 16.7 Å². The molecule has 15 heavy (non-hydrogen) atoms. The molecule has 0 unspecified atom stereocenters. The Morgan fingerprint density at radius 3 is 2.87 bits per heavy atom. The molecule has 0 aromatic heterocycles. The van der Waals surface area contributed by atoms with Gasteiger partial charge in [0.2, 0.25) is 0 Å². The number of fused-ring (bicyclic) bond motifs is 2. The molecule has 2 aliphatic rings. The largest absolute Gasteiger partial charge is 0.443 e. The molecule has 3 rings (SSSR count). The standard InChI is InChI=1S/C11H7FN2O/c12-11-8-4-2-1-3-7(8)10-9(14-11)5-13-6-15-10/h1-6,14H. The number of hydrogen-bond donors (Lipinski definition) is 1. The van der Waals surface area contributed by atoms with Crippen LogP contribution in [0, 0.1) is 0 Å². The number of benzene rings is 1. The Balaban J connectivity index is 2.46. The first-order chi connectivity index (χ1) is 7.36. The van der Waals surface area contributed by atoms with Gasteiger partial charge in [-0.3, -0.25) is 0 Å². The van der Waals surface area contributed by atoms with Gasteiger partial charge in [0.15, 0.2) is 18.1 Å². The van der Waals surface area contributed by atoms with Gasteiger partial charge in [-0.15, -0.1) is 0 Å². The zero-order chi connectivity index (χ0) is 10.3. The third kappa shape index (κ3) is 1.15. The molecule has 4 heteroatoms. The predicted octanol–water partition coefficient (Wildman–Crippen LogP) is 0.333. The molecular weight excluding hydrogens is 195 g/mol. The van der Waals surface area contributed by atoms with Crippen LogP contribution in [0.5, 0.6) is 0 Å². The van der Waals surface area contributed by atoms with Crippen LogP contribution in [0.3, 0.4) is 0 Å². The fourth-order valence-corrected chi connectivity index (χ4v) is 1.67. The van der Waals surface area contributed by atoms with Gasteiger partial charge in [0.05, 0.1) is 6.20 Å². The summed E-state index contributed by atoms with van der Waals surface area (Å²) in [4.78, 5) is 3.80. The summed E-state index contributed by atoms with van der Waals surface area (Å²) in [6, 6.07) is 7.15. The maximum Gasteiger partial charge on any atom is 0.199 e. The third-order valence-corrected chi connectivity index (χ3v) is 2.33. The molecule has 0 bridgehead atoms. The zero-order valence-corrected chi connectivity index (χ0v) is 7.70. The van der Waals surface area contributed by atoms with E-state index in [1.54, 1.807) is 12.1 Å². The van der Waals surface area contributed by atoms with Gasteiger partial charge in [0.1, 0.15) is 5.70 Å². The first kappa shape index (κ1) is 8.23. The van der Waals surface area contributed by atoms with Gasteiger partial charge in [0, 0.05) is 10.4 Å². The van der Waals surface area contributed by atoms with Gasteiger partial charge >= 0.3 is 0 Å². The number of nitrogens with zero attached hydrogens (tertiary/aromatic N) is 1. The molecule has 2 aliphatic heterocycles. The van der Waals surface area contributed by atoms with Crippen LogP contribution in [-0.2, 0) is 4.74 Å². The number of aliphatic imine (C=N–C) groups is 1. The van der Waals surface area contributed by atoms with E-state index in [0.717, 1.165) is 5.22 Å². The number of ether oxygens (including phenoxy) is 1. The minimum Gasteiger partial charge on any atom is -0.443 e. The van der Waals surface area contributed by atoms with Crippen molar-refractivity contribution >= 4 is 18.1 Å². The summed E-state index contributed by atoms with van der Waals surface area (Å²) in [6.45, 7) is 0. The summed E-state index contributed by atoms with van der Waals surface area (Å²) in [5.74, 6) is 0.239. The summed E-state index contributed by atoms with van der Waals surface area (Å²) in [6.07, 6.45) is 2.87. The molecule has 0 saturated carbocycles. The van der Waals surface area contributed by atoms with Crippen molar-refractivity contribution in [2.24, 2.45) is 4.99 Å². The second kappa shape index (κ2) is 2.95. The molecule has 0 atom stereocenters. The van der Waals surface area contributed by atoms with Crippen molar-refractivity contribution in [1.29, 1.82) is 0 Å². The molecule has 74 valence electrons. The molecule has 0 spiro atoms. The van der Waals surface area contributed by atoms with E-state index in [4.69, 9.17) is 4.74 Å². The molecule has 0 aliphatic carbocycles. The summed E-state index contributed by atoms with van der Waals surface area (Å²) in [5.41, 5.74) is 0.550. The average Bonchev–Trinajstić information content (AvgIpc) is 2.30. The molecule has 0 saturated heterocycles. The van der Waals surface area contributed by atoms with Gasteiger partial charge in [-0.2, -0.15) is 4.39 Å². The Bertz CT molecular complexity index is 601. The molecule has 0 radical (unpaired) electrons. The second-order valence-electron chi connectivity index (χ2n) is 3.23. The number of hydrogen-bond acceptors (Lipinski definition) is 3. The van der Waals surface area contributed by atoms with Crippen molar-refractivity contribution < 1.29 is 9.13 Å². The summed E-state index contributed by atoms with van der Waals surface area (Å²) < 4.78 is 18.9. The van der Waals surface area contributed by atoms with Crippen LogP contribution in [0.15, 0.2) is 41.2 Å². The topological polar surface area (TPSA) is 33.6 Å². The first-order valence-electron chi connectivity index (χ1n) is 4.51. The van der Waals surface area contributed by atoms with Gasteiger partial charge in [-0.05, 0) is 6.07 Å². The Hall–Kier alpha value is -2.10. The van der Waals surface area contributed by atoms with E-state index in [1.165, 1.54) is 12.6 Å². The van der Waals surface area contributed by atoms with Crippen LogP contribution >= 0.6 is 0 Å². The Labute approximate surface area is 84.9 Å². The maximum atomic E-state index is 13.6. The lowest BCUT2D eigenvalue weighted by molar-refractivity contribution is 0.504. The van der Waals surface area contributed by atoms with Crippen LogP contribution in [0.2, 0.25) is 0 Å². The number of halogens is 1. The van der Waals surface area contributed by atoms with E-state index in [9.17, 15) is 4.39 Å². The smallest absolute Gasteiger partial charge is 0.199 e. The van der Waals surface area contributed by atoms with E-state index in [-0.39, 0.29) is 5.95 Å². The zero-order valence-electron chi connectivity index (χ0n) is 7.70. The average molecular weight is 202 g/mol. The molecule has 0 fully saturated rings. The van der Waals surface area contributed by atoms with Crippen LogP contribution in [-0.4, -0.2) is 6.40 Å². The Morgan fingerprint density at radius 2 is 2.00 bits per heavy atom. The SMILES string of the molecule is FC1=c2ccccc2=C2OC=NC=C2N1. The second-order valence-corrected chi connectivity index (χ2v) is 3.23. The highest BCUT2D eigenvalue weighted by Gasteiger charge is 2.17. The van der Waals surface area contributed by atoms with Crippen molar-refractivity contribution in [2.45, 2.75) is 0 Å². The number of rotatable bonds is 0. The molecule has 1 aromatic rings. The van der Waals surface area contributed by atoms with Gasteiger partial charge in [0.25, 0.3) is 0 Å². The maximum absolute atomic E-state index is 13.6. The van der Waals surface area contributed by atoms with Crippen molar-refractivity contribution in [3.8, 4) is 0 Å². The van der Waals surface area contributed by atoms with Crippen LogP contribution < -0.4 is 15.8 Å². The fraction of sp³-hybridized carbons (Fsp3) is 0. The molecular formula is C11H7FN2O. The lowest BCUT2D eigenvalue weighted by atomic mass is 10.1. The molecule has 3 nitrogen and oxygen atoms in total.